The summed E-state index contributed by atoms with van der Waals surface area (Å²) in [5.41, 5.74) is 1.16. The van der Waals surface area contributed by atoms with Crippen LogP contribution in [0.25, 0.3) is 5.13 Å². The van der Waals surface area contributed by atoms with Gasteiger partial charge in [0, 0.05) is 11.1 Å². The average molecular weight is 415 g/mol. The van der Waals surface area contributed by atoms with Crippen molar-refractivity contribution in [2.45, 2.75) is 26.4 Å². The lowest BCUT2D eigenvalue weighted by Gasteiger charge is -2.09. The van der Waals surface area contributed by atoms with E-state index in [1.807, 2.05) is 6.92 Å². The first-order valence-electron chi connectivity index (χ1n) is 7.79. The molecule has 1 amide bonds. The van der Waals surface area contributed by atoms with Crippen LogP contribution < -0.4 is 5.32 Å². The van der Waals surface area contributed by atoms with E-state index >= 15 is 0 Å². The molecule has 27 heavy (non-hydrogen) atoms. The molecule has 3 aromatic rings. The van der Waals surface area contributed by atoms with E-state index in [1.165, 1.54) is 23.5 Å². The van der Waals surface area contributed by atoms with Crippen molar-refractivity contribution in [2.24, 2.45) is 0 Å². The van der Waals surface area contributed by atoms with Crippen LogP contribution in [0.4, 0.5) is 18.9 Å². The van der Waals surface area contributed by atoms with Gasteiger partial charge >= 0.3 is 6.18 Å². The van der Waals surface area contributed by atoms with Crippen LogP contribution in [-0.4, -0.2) is 20.7 Å². The summed E-state index contributed by atoms with van der Waals surface area (Å²) in [5.74, 6) is -0.461. The fourth-order valence-corrected chi connectivity index (χ4v) is 3.37. The standard InChI is InChI=1S/C17H14ClF3N4OS/c1-9-15(18)10(2)25(24-9)16-23-13(8-27-16)7-14(26)22-12-5-3-4-11(6-12)17(19,20)21/h3-6,8H,7H2,1-2H3,(H,22,26). The molecule has 1 N–H and O–H groups in total. The largest absolute Gasteiger partial charge is 0.416 e. The summed E-state index contributed by atoms with van der Waals surface area (Å²) in [4.78, 5) is 16.5. The predicted molar refractivity (Wildman–Crippen MR) is 97.5 cm³/mol. The summed E-state index contributed by atoms with van der Waals surface area (Å²) in [7, 11) is 0. The number of halogens is 4. The molecule has 3 rings (SSSR count). The summed E-state index contributed by atoms with van der Waals surface area (Å²) in [5, 5.41) is 9.57. The van der Waals surface area contributed by atoms with Crippen molar-refractivity contribution in [1.29, 1.82) is 0 Å². The molecule has 0 saturated heterocycles. The Balaban J connectivity index is 1.71. The Bertz CT molecular complexity index is 996. The van der Waals surface area contributed by atoms with Gasteiger partial charge in [0.25, 0.3) is 0 Å². The molecule has 0 bridgehead atoms. The Morgan fingerprint density at radius 3 is 2.70 bits per heavy atom. The number of rotatable bonds is 4. The van der Waals surface area contributed by atoms with Gasteiger partial charge < -0.3 is 5.32 Å². The van der Waals surface area contributed by atoms with Gasteiger partial charge in [-0.25, -0.2) is 9.67 Å². The molecule has 0 saturated carbocycles. The van der Waals surface area contributed by atoms with Gasteiger partial charge in [0.1, 0.15) is 0 Å². The zero-order valence-electron chi connectivity index (χ0n) is 14.3. The topological polar surface area (TPSA) is 59.8 Å². The Labute approximate surface area is 161 Å². The number of hydrogen-bond donors (Lipinski definition) is 1. The van der Waals surface area contributed by atoms with Gasteiger partial charge in [-0.2, -0.15) is 18.3 Å². The van der Waals surface area contributed by atoms with Crippen molar-refractivity contribution in [3.05, 3.63) is 57.3 Å². The maximum atomic E-state index is 12.7. The van der Waals surface area contributed by atoms with Crippen molar-refractivity contribution in [2.75, 3.05) is 5.32 Å². The fourth-order valence-electron chi connectivity index (χ4n) is 2.43. The van der Waals surface area contributed by atoms with Gasteiger partial charge in [0.05, 0.1) is 34.1 Å². The SMILES string of the molecule is Cc1nn(-c2nc(CC(=O)Nc3cccc(C(F)(F)F)c3)cs2)c(C)c1Cl. The quantitative estimate of drug-likeness (QED) is 0.667. The van der Waals surface area contributed by atoms with E-state index in [9.17, 15) is 18.0 Å². The molecule has 0 fully saturated rings. The van der Waals surface area contributed by atoms with Crippen LogP contribution >= 0.6 is 22.9 Å². The number of benzene rings is 1. The van der Waals surface area contributed by atoms with Crippen LogP contribution in [0, 0.1) is 13.8 Å². The van der Waals surface area contributed by atoms with E-state index < -0.39 is 17.6 Å². The molecule has 10 heteroatoms. The highest BCUT2D eigenvalue weighted by atomic mass is 35.5. The molecular formula is C17H14ClF3N4OS. The molecule has 0 aliphatic rings. The minimum Gasteiger partial charge on any atom is -0.326 e. The summed E-state index contributed by atoms with van der Waals surface area (Å²) in [6.45, 7) is 3.59. The molecule has 0 radical (unpaired) electrons. The monoisotopic (exact) mass is 414 g/mol. The first-order chi connectivity index (χ1) is 12.6. The lowest BCUT2D eigenvalue weighted by Crippen LogP contribution is -2.15. The summed E-state index contributed by atoms with van der Waals surface area (Å²) in [6.07, 6.45) is -4.54. The van der Waals surface area contributed by atoms with E-state index in [1.54, 1.807) is 17.0 Å². The number of amides is 1. The fraction of sp³-hybridized carbons (Fsp3) is 0.235. The molecule has 1 aromatic carbocycles. The van der Waals surface area contributed by atoms with Gasteiger partial charge in [-0.1, -0.05) is 17.7 Å². The van der Waals surface area contributed by atoms with Crippen molar-refractivity contribution in [3.63, 3.8) is 0 Å². The van der Waals surface area contributed by atoms with E-state index in [2.05, 4.69) is 15.4 Å². The Hall–Kier alpha value is -2.39. The van der Waals surface area contributed by atoms with E-state index in [0.717, 1.165) is 17.8 Å². The summed E-state index contributed by atoms with van der Waals surface area (Å²) < 4.78 is 39.8. The van der Waals surface area contributed by atoms with Gasteiger partial charge in [-0.05, 0) is 32.0 Å². The Morgan fingerprint density at radius 2 is 2.07 bits per heavy atom. The van der Waals surface area contributed by atoms with E-state index in [4.69, 9.17) is 11.6 Å². The van der Waals surface area contributed by atoms with Crippen LogP contribution in [-0.2, 0) is 17.4 Å². The summed E-state index contributed by atoms with van der Waals surface area (Å²) >= 11 is 7.42. The maximum Gasteiger partial charge on any atom is 0.416 e. The molecule has 2 heterocycles. The number of aromatic nitrogens is 3. The van der Waals surface area contributed by atoms with Crippen molar-refractivity contribution >= 4 is 34.5 Å². The first kappa shape index (κ1) is 19.4. The van der Waals surface area contributed by atoms with Crippen LogP contribution in [0.3, 0.4) is 0 Å². The van der Waals surface area contributed by atoms with Crippen LogP contribution in [0.15, 0.2) is 29.6 Å². The third-order valence-corrected chi connectivity index (χ3v) is 5.15. The highest BCUT2D eigenvalue weighted by Crippen LogP contribution is 2.30. The number of hydrogen-bond acceptors (Lipinski definition) is 4. The first-order valence-corrected chi connectivity index (χ1v) is 9.04. The van der Waals surface area contributed by atoms with Crippen LogP contribution in [0.5, 0.6) is 0 Å². The third-order valence-electron chi connectivity index (χ3n) is 3.74. The van der Waals surface area contributed by atoms with Gasteiger partial charge in [0.2, 0.25) is 11.0 Å². The zero-order chi connectivity index (χ0) is 19.8. The minimum absolute atomic E-state index is 0.0697. The Morgan fingerprint density at radius 1 is 1.33 bits per heavy atom. The molecular weight excluding hydrogens is 401 g/mol. The molecule has 0 aliphatic heterocycles. The minimum atomic E-state index is -4.47. The van der Waals surface area contributed by atoms with E-state index in [-0.39, 0.29) is 12.1 Å². The van der Waals surface area contributed by atoms with Crippen LogP contribution in [0.2, 0.25) is 5.02 Å². The lowest BCUT2D eigenvalue weighted by molar-refractivity contribution is -0.137. The second-order valence-electron chi connectivity index (χ2n) is 5.82. The molecule has 0 spiro atoms. The average Bonchev–Trinajstić information content (AvgIpc) is 3.14. The number of nitrogens with one attached hydrogen (secondary N) is 1. The highest BCUT2D eigenvalue weighted by molar-refractivity contribution is 7.12. The van der Waals surface area contributed by atoms with E-state index in [0.29, 0.717) is 21.5 Å². The molecule has 2 aromatic heterocycles. The number of carbonyl (C=O) groups is 1. The van der Waals surface area contributed by atoms with Gasteiger partial charge in [-0.3, -0.25) is 4.79 Å². The molecule has 5 nitrogen and oxygen atoms in total. The van der Waals surface area contributed by atoms with Crippen LogP contribution in [0.1, 0.15) is 22.6 Å². The van der Waals surface area contributed by atoms with Crippen molar-refractivity contribution in [3.8, 4) is 5.13 Å². The van der Waals surface area contributed by atoms with Gasteiger partial charge in [0.15, 0.2) is 0 Å². The second-order valence-corrected chi connectivity index (χ2v) is 7.04. The maximum absolute atomic E-state index is 12.7. The predicted octanol–water partition coefficient (Wildman–Crippen LogP) is 4.80. The highest BCUT2D eigenvalue weighted by Gasteiger charge is 2.30. The Kier molecular flexibility index (Phi) is 5.25. The normalized spacial score (nSPS) is 11.6. The zero-order valence-corrected chi connectivity index (χ0v) is 15.8. The number of aryl methyl sites for hydroxylation is 1. The molecule has 0 aliphatic carbocycles. The smallest absolute Gasteiger partial charge is 0.326 e. The van der Waals surface area contributed by atoms with Crippen molar-refractivity contribution in [1.82, 2.24) is 14.8 Å². The number of thiazole rings is 1. The number of anilines is 1. The number of carbonyl (C=O) groups excluding carboxylic acids is 1. The molecule has 0 unspecified atom stereocenters. The summed E-state index contributed by atoms with van der Waals surface area (Å²) in [6, 6.07) is 4.48. The van der Waals surface area contributed by atoms with Crippen molar-refractivity contribution < 1.29 is 18.0 Å². The second kappa shape index (κ2) is 7.32. The molecule has 142 valence electrons. The van der Waals surface area contributed by atoms with Gasteiger partial charge in [-0.15, -0.1) is 11.3 Å². The number of nitrogens with zero attached hydrogens (tertiary/aromatic N) is 3. The lowest BCUT2D eigenvalue weighted by atomic mass is 10.2. The molecule has 0 atom stereocenters. The number of alkyl halides is 3. The third kappa shape index (κ3) is 4.30.